The highest BCUT2D eigenvalue weighted by Crippen LogP contribution is 2.35. The lowest BCUT2D eigenvalue weighted by Gasteiger charge is -2.27. The topological polar surface area (TPSA) is 68.9 Å². The molecule has 0 aliphatic carbocycles. The Labute approximate surface area is 196 Å². The number of hydrogen-bond acceptors (Lipinski definition) is 6. The number of aryl methyl sites for hydroxylation is 1. The van der Waals surface area contributed by atoms with Gasteiger partial charge in [-0.15, -0.1) is 0 Å². The number of thioether (sulfide) groups is 1. The lowest BCUT2D eigenvalue weighted by atomic mass is 10.0. The maximum Gasteiger partial charge on any atom is 0.286 e. The minimum atomic E-state index is -0.216. The van der Waals surface area contributed by atoms with Crippen LogP contribution in [0.3, 0.4) is 0 Å². The normalized spacial score (nSPS) is 17.5. The van der Waals surface area contributed by atoms with Crippen LogP contribution < -0.4 is 4.74 Å². The minimum absolute atomic E-state index is 0.216. The molecule has 0 atom stereocenters. The molecule has 0 unspecified atom stereocenters. The largest absolute Gasteiger partial charge is 0.497 e. The van der Waals surface area contributed by atoms with E-state index in [1.807, 2.05) is 72.4 Å². The van der Waals surface area contributed by atoms with E-state index < -0.39 is 0 Å². The Hall–Kier alpha value is -3.36. The number of carbonyl (C=O) groups is 1. The van der Waals surface area contributed by atoms with Crippen LogP contribution in [-0.2, 0) is 9.53 Å². The molecule has 1 aromatic heterocycles. The van der Waals surface area contributed by atoms with Crippen LogP contribution in [0.25, 0.3) is 23.0 Å². The number of nitrogens with zero attached hydrogens (tertiary/aromatic N) is 4. The van der Waals surface area contributed by atoms with Crippen molar-refractivity contribution in [2.75, 3.05) is 33.4 Å². The van der Waals surface area contributed by atoms with Gasteiger partial charge in [0.15, 0.2) is 5.17 Å². The summed E-state index contributed by atoms with van der Waals surface area (Å²) < 4.78 is 12.6. The quantitative estimate of drug-likeness (QED) is 0.545. The number of aliphatic imine (C=N–C) groups is 1. The first-order valence-corrected chi connectivity index (χ1v) is 11.6. The standard InChI is InChI=1S/C25H24N4O3S/c1-17-14-20(31-2)8-9-21(17)23-18(16-29(27-23)19-6-4-3-5-7-19)15-22-24(30)26-25(33-22)28-10-12-32-13-11-28/h3-9,14-16H,10-13H2,1-2H3. The van der Waals surface area contributed by atoms with Crippen molar-refractivity contribution in [1.29, 1.82) is 0 Å². The molecule has 0 spiro atoms. The number of rotatable bonds is 4. The first kappa shape index (κ1) is 21.5. The van der Waals surface area contributed by atoms with E-state index in [0.29, 0.717) is 18.1 Å². The molecule has 2 aromatic carbocycles. The summed E-state index contributed by atoms with van der Waals surface area (Å²) in [6, 6.07) is 15.9. The summed E-state index contributed by atoms with van der Waals surface area (Å²) in [5.74, 6) is 0.579. The molecule has 3 heterocycles. The maximum atomic E-state index is 12.7. The number of morpholine rings is 1. The smallest absolute Gasteiger partial charge is 0.286 e. The highest BCUT2D eigenvalue weighted by Gasteiger charge is 2.28. The van der Waals surface area contributed by atoms with Gasteiger partial charge in [0.25, 0.3) is 5.91 Å². The van der Waals surface area contributed by atoms with E-state index in [1.54, 1.807) is 7.11 Å². The molecule has 3 aromatic rings. The Morgan fingerprint density at radius 2 is 1.91 bits per heavy atom. The maximum absolute atomic E-state index is 12.7. The van der Waals surface area contributed by atoms with Crippen LogP contribution >= 0.6 is 11.8 Å². The fraction of sp³-hybridized carbons (Fsp3) is 0.240. The van der Waals surface area contributed by atoms with Crippen LogP contribution in [0.15, 0.2) is 64.6 Å². The van der Waals surface area contributed by atoms with Gasteiger partial charge in [0.2, 0.25) is 0 Å². The zero-order valence-electron chi connectivity index (χ0n) is 18.5. The lowest BCUT2D eigenvalue weighted by molar-refractivity contribution is -0.113. The SMILES string of the molecule is COc1ccc(-c2nn(-c3ccccc3)cc2C=C2SC(N3CCOCC3)=NC2=O)c(C)c1. The summed E-state index contributed by atoms with van der Waals surface area (Å²) in [5.41, 5.74) is 4.65. The molecule has 8 heteroatoms. The van der Waals surface area contributed by atoms with E-state index in [2.05, 4.69) is 9.89 Å². The van der Waals surface area contributed by atoms with Crippen LogP contribution in [0.1, 0.15) is 11.1 Å². The van der Waals surface area contributed by atoms with Gasteiger partial charge in [0, 0.05) is 30.4 Å². The molecule has 2 aliphatic heterocycles. The zero-order valence-corrected chi connectivity index (χ0v) is 19.3. The van der Waals surface area contributed by atoms with Gasteiger partial charge in [-0.2, -0.15) is 10.1 Å². The van der Waals surface area contributed by atoms with E-state index in [1.165, 1.54) is 11.8 Å². The second kappa shape index (κ2) is 9.25. The van der Waals surface area contributed by atoms with E-state index >= 15 is 0 Å². The molecule has 1 fully saturated rings. The fourth-order valence-corrected chi connectivity index (χ4v) is 4.83. The second-order valence-electron chi connectivity index (χ2n) is 7.80. The summed E-state index contributed by atoms with van der Waals surface area (Å²) >= 11 is 1.41. The number of ether oxygens (including phenoxy) is 2. The third kappa shape index (κ3) is 4.44. The Balaban J connectivity index is 1.54. The van der Waals surface area contributed by atoms with Crippen molar-refractivity contribution in [2.24, 2.45) is 4.99 Å². The molecular formula is C25H24N4O3S. The van der Waals surface area contributed by atoms with E-state index in [-0.39, 0.29) is 5.91 Å². The van der Waals surface area contributed by atoms with Crippen molar-refractivity contribution in [3.8, 4) is 22.7 Å². The van der Waals surface area contributed by atoms with Gasteiger partial charge in [0.1, 0.15) is 11.4 Å². The molecule has 33 heavy (non-hydrogen) atoms. The van der Waals surface area contributed by atoms with E-state index in [0.717, 1.165) is 52.1 Å². The summed E-state index contributed by atoms with van der Waals surface area (Å²) in [6.07, 6.45) is 3.86. The summed E-state index contributed by atoms with van der Waals surface area (Å²) in [6.45, 7) is 4.82. The lowest BCUT2D eigenvalue weighted by Crippen LogP contribution is -2.38. The Bertz CT molecular complexity index is 1240. The van der Waals surface area contributed by atoms with Crippen molar-refractivity contribution < 1.29 is 14.3 Å². The zero-order chi connectivity index (χ0) is 22.8. The molecule has 1 amide bonds. The summed E-state index contributed by atoms with van der Waals surface area (Å²) in [7, 11) is 1.66. The van der Waals surface area contributed by atoms with Crippen LogP contribution in [-0.4, -0.2) is 59.2 Å². The van der Waals surface area contributed by atoms with Crippen molar-refractivity contribution in [3.05, 3.63) is 70.8 Å². The minimum Gasteiger partial charge on any atom is -0.497 e. The average Bonchev–Trinajstić information content (AvgIpc) is 3.44. The molecule has 0 radical (unpaired) electrons. The number of amidine groups is 1. The van der Waals surface area contributed by atoms with Crippen LogP contribution in [0.4, 0.5) is 0 Å². The van der Waals surface area contributed by atoms with Crippen molar-refractivity contribution >= 4 is 28.9 Å². The number of aromatic nitrogens is 2. The monoisotopic (exact) mass is 460 g/mol. The third-order valence-corrected chi connectivity index (χ3v) is 6.67. The highest BCUT2D eigenvalue weighted by molar-refractivity contribution is 8.18. The van der Waals surface area contributed by atoms with Gasteiger partial charge in [-0.1, -0.05) is 18.2 Å². The highest BCUT2D eigenvalue weighted by atomic mass is 32.2. The molecule has 7 nitrogen and oxygen atoms in total. The van der Waals surface area contributed by atoms with Gasteiger partial charge < -0.3 is 14.4 Å². The molecule has 0 N–H and O–H groups in total. The number of methoxy groups -OCH3 is 1. The fourth-order valence-electron chi connectivity index (χ4n) is 3.87. The Morgan fingerprint density at radius 1 is 1.12 bits per heavy atom. The predicted molar refractivity (Wildman–Crippen MR) is 131 cm³/mol. The number of hydrogen-bond donors (Lipinski definition) is 0. The number of carbonyl (C=O) groups excluding carboxylic acids is 1. The van der Waals surface area contributed by atoms with Crippen LogP contribution in [0.5, 0.6) is 5.75 Å². The van der Waals surface area contributed by atoms with E-state index in [9.17, 15) is 4.79 Å². The van der Waals surface area contributed by atoms with Gasteiger partial charge in [0.05, 0.1) is 30.9 Å². The number of amides is 1. The third-order valence-electron chi connectivity index (χ3n) is 5.63. The molecule has 1 saturated heterocycles. The van der Waals surface area contributed by atoms with Crippen molar-refractivity contribution in [1.82, 2.24) is 14.7 Å². The molecular weight excluding hydrogens is 436 g/mol. The van der Waals surface area contributed by atoms with Crippen LogP contribution in [0.2, 0.25) is 0 Å². The summed E-state index contributed by atoms with van der Waals surface area (Å²) in [5, 5.41) is 5.63. The number of benzene rings is 2. The van der Waals surface area contributed by atoms with Gasteiger partial charge in [-0.25, -0.2) is 4.68 Å². The molecule has 2 aliphatic rings. The average molecular weight is 461 g/mol. The Kier molecular flexibility index (Phi) is 6.02. The first-order chi connectivity index (χ1) is 16.1. The molecule has 5 rings (SSSR count). The van der Waals surface area contributed by atoms with Crippen LogP contribution in [0, 0.1) is 6.92 Å². The van der Waals surface area contributed by atoms with Gasteiger partial charge in [-0.05, 0) is 60.7 Å². The van der Waals surface area contributed by atoms with Crippen molar-refractivity contribution in [3.63, 3.8) is 0 Å². The molecule has 168 valence electrons. The molecule has 0 saturated carbocycles. The van der Waals surface area contributed by atoms with Crippen molar-refractivity contribution in [2.45, 2.75) is 6.92 Å². The van der Waals surface area contributed by atoms with Gasteiger partial charge >= 0.3 is 0 Å². The number of para-hydroxylation sites is 1. The first-order valence-electron chi connectivity index (χ1n) is 10.8. The molecule has 0 bridgehead atoms. The predicted octanol–water partition coefficient (Wildman–Crippen LogP) is 4.16. The second-order valence-corrected chi connectivity index (χ2v) is 8.81. The Morgan fingerprint density at radius 3 is 2.64 bits per heavy atom. The van der Waals surface area contributed by atoms with Gasteiger partial charge in [-0.3, -0.25) is 4.79 Å². The summed E-state index contributed by atoms with van der Waals surface area (Å²) in [4.78, 5) is 19.7. The van der Waals surface area contributed by atoms with E-state index in [4.69, 9.17) is 14.6 Å².